The van der Waals surface area contributed by atoms with E-state index in [0.29, 0.717) is 18.9 Å². The first-order valence-electron chi connectivity index (χ1n) is 6.25. The second-order valence-electron chi connectivity index (χ2n) is 4.78. The zero-order valence-corrected chi connectivity index (χ0v) is 10.3. The molecule has 3 nitrogen and oxygen atoms in total. The molecule has 1 N–H and O–H groups in total. The van der Waals surface area contributed by atoms with Crippen LogP contribution in [0.15, 0.2) is 18.2 Å². The van der Waals surface area contributed by atoms with Crippen LogP contribution in [0.2, 0.25) is 0 Å². The van der Waals surface area contributed by atoms with Crippen molar-refractivity contribution in [3.63, 3.8) is 0 Å². The first kappa shape index (κ1) is 13.5. The van der Waals surface area contributed by atoms with Gasteiger partial charge in [0.2, 0.25) is 0 Å². The fourth-order valence-corrected chi connectivity index (χ4v) is 2.30. The van der Waals surface area contributed by atoms with Crippen molar-refractivity contribution in [3.05, 3.63) is 35.4 Å². The van der Waals surface area contributed by atoms with Crippen LogP contribution >= 0.6 is 0 Å². The Morgan fingerprint density at radius 1 is 1.26 bits per heavy atom. The quantitative estimate of drug-likeness (QED) is 0.893. The Labute approximate surface area is 110 Å². The van der Waals surface area contributed by atoms with Gasteiger partial charge in [0.25, 0.3) is 5.91 Å². The van der Waals surface area contributed by atoms with Crippen molar-refractivity contribution in [2.45, 2.75) is 31.7 Å². The van der Waals surface area contributed by atoms with Gasteiger partial charge in [-0.2, -0.15) is 5.26 Å². The van der Waals surface area contributed by atoms with Crippen molar-refractivity contribution < 1.29 is 13.6 Å². The van der Waals surface area contributed by atoms with E-state index in [9.17, 15) is 13.6 Å². The van der Waals surface area contributed by atoms with Crippen LogP contribution in [0.3, 0.4) is 0 Å². The molecule has 100 valence electrons. The fourth-order valence-electron chi connectivity index (χ4n) is 2.30. The van der Waals surface area contributed by atoms with Crippen molar-refractivity contribution in [2.75, 3.05) is 0 Å². The maximum atomic E-state index is 13.4. The van der Waals surface area contributed by atoms with Gasteiger partial charge in [-0.05, 0) is 37.8 Å². The summed E-state index contributed by atoms with van der Waals surface area (Å²) in [5.74, 6) is -2.04. The zero-order valence-electron chi connectivity index (χ0n) is 10.3. The zero-order chi connectivity index (χ0) is 13.8. The lowest BCUT2D eigenvalue weighted by Gasteiger charge is -2.25. The first-order valence-corrected chi connectivity index (χ1v) is 6.25. The molecule has 0 radical (unpaired) electrons. The molecular formula is C14H14F2N2O. The van der Waals surface area contributed by atoms with Gasteiger partial charge in [-0.25, -0.2) is 8.78 Å². The van der Waals surface area contributed by atoms with E-state index < -0.39 is 17.5 Å². The predicted molar refractivity (Wildman–Crippen MR) is 65.2 cm³/mol. The van der Waals surface area contributed by atoms with Gasteiger partial charge >= 0.3 is 0 Å². The summed E-state index contributed by atoms with van der Waals surface area (Å²) >= 11 is 0. The van der Waals surface area contributed by atoms with Crippen molar-refractivity contribution in [1.82, 2.24) is 5.32 Å². The molecule has 19 heavy (non-hydrogen) atoms. The monoisotopic (exact) mass is 264 g/mol. The van der Waals surface area contributed by atoms with E-state index in [2.05, 4.69) is 11.4 Å². The van der Waals surface area contributed by atoms with Gasteiger partial charge in [-0.3, -0.25) is 4.79 Å². The van der Waals surface area contributed by atoms with E-state index in [4.69, 9.17) is 5.26 Å². The summed E-state index contributed by atoms with van der Waals surface area (Å²) in [5, 5.41) is 11.5. The number of benzene rings is 1. The number of amides is 1. The normalized spacial score (nSPS) is 22.6. The van der Waals surface area contributed by atoms with Gasteiger partial charge in [0.15, 0.2) is 0 Å². The van der Waals surface area contributed by atoms with E-state index in [-0.39, 0.29) is 17.5 Å². The Kier molecular flexibility index (Phi) is 4.10. The minimum atomic E-state index is -0.858. The van der Waals surface area contributed by atoms with Crippen LogP contribution in [0.1, 0.15) is 36.0 Å². The van der Waals surface area contributed by atoms with Crippen LogP contribution in [-0.4, -0.2) is 11.9 Å². The highest BCUT2D eigenvalue weighted by molar-refractivity contribution is 5.94. The topological polar surface area (TPSA) is 52.9 Å². The highest BCUT2D eigenvalue weighted by Gasteiger charge is 2.23. The Morgan fingerprint density at radius 3 is 2.53 bits per heavy atom. The van der Waals surface area contributed by atoms with E-state index in [1.54, 1.807) is 0 Å². The second-order valence-corrected chi connectivity index (χ2v) is 4.78. The third-order valence-electron chi connectivity index (χ3n) is 3.42. The van der Waals surface area contributed by atoms with Gasteiger partial charge in [0.1, 0.15) is 11.6 Å². The number of carbonyl (C=O) groups is 1. The van der Waals surface area contributed by atoms with Crippen molar-refractivity contribution in [3.8, 4) is 6.07 Å². The standard InChI is InChI=1S/C14H14F2N2O/c15-10-3-6-12(13(16)7-10)14(19)18-11-4-1-9(8-17)2-5-11/h3,6-7,9,11H,1-2,4-5H2,(H,18,19). The average molecular weight is 264 g/mol. The molecule has 0 heterocycles. The van der Waals surface area contributed by atoms with E-state index >= 15 is 0 Å². The highest BCUT2D eigenvalue weighted by atomic mass is 19.1. The lowest BCUT2D eigenvalue weighted by molar-refractivity contribution is 0.0920. The minimum absolute atomic E-state index is 0.0402. The summed E-state index contributed by atoms with van der Waals surface area (Å²) in [6, 6.07) is 5.07. The number of hydrogen-bond donors (Lipinski definition) is 1. The summed E-state index contributed by atoms with van der Waals surface area (Å²) in [7, 11) is 0. The largest absolute Gasteiger partial charge is 0.349 e. The molecule has 0 bridgehead atoms. The van der Waals surface area contributed by atoms with Crippen LogP contribution < -0.4 is 5.32 Å². The maximum absolute atomic E-state index is 13.4. The summed E-state index contributed by atoms with van der Waals surface area (Å²) in [6.45, 7) is 0. The molecule has 1 aromatic carbocycles. The SMILES string of the molecule is N#CC1CCC(NC(=O)c2ccc(F)cc2F)CC1. The molecule has 1 aliphatic carbocycles. The molecule has 0 atom stereocenters. The Morgan fingerprint density at radius 2 is 1.95 bits per heavy atom. The molecule has 1 aromatic rings. The summed E-state index contributed by atoms with van der Waals surface area (Å²) in [4.78, 5) is 11.9. The number of nitrogens with zero attached hydrogens (tertiary/aromatic N) is 1. The minimum Gasteiger partial charge on any atom is -0.349 e. The molecule has 1 aliphatic rings. The summed E-state index contributed by atoms with van der Waals surface area (Å²) in [5.41, 5.74) is -0.149. The smallest absolute Gasteiger partial charge is 0.254 e. The Balaban J connectivity index is 1.96. The molecule has 1 saturated carbocycles. The predicted octanol–water partition coefficient (Wildman–Crippen LogP) is 2.78. The van der Waals surface area contributed by atoms with E-state index in [1.807, 2.05) is 0 Å². The number of carbonyl (C=O) groups excluding carboxylic acids is 1. The molecule has 0 aromatic heterocycles. The van der Waals surface area contributed by atoms with Gasteiger partial charge in [0, 0.05) is 18.0 Å². The van der Waals surface area contributed by atoms with Crippen LogP contribution in [-0.2, 0) is 0 Å². The van der Waals surface area contributed by atoms with Crippen molar-refractivity contribution in [1.29, 1.82) is 5.26 Å². The van der Waals surface area contributed by atoms with Crippen LogP contribution in [0, 0.1) is 28.9 Å². The van der Waals surface area contributed by atoms with Gasteiger partial charge in [-0.15, -0.1) is 0 Å². The fraction of sp³-hybridized carbons (Fsp3) is 0.429. The maximum Gasteiger partial charge on any atom is 0.254 e. The molecule has 0 aliphatic heterocycles. The van der Waals surface area contributed by atoms with E-state index in [1.165, 1.54) is 0 Å². The Hall–Kier alpha value is -1.96. The number of nitriles is 1. The van der Waals surface area contributed by atoms with Crippen LogP contribution in [0.5, 0.6) is 0 Å². The van der Waals surface area contributed by atoms with Crippen LogP contribution in [0.4, 0.5) is 8.78 Å². The Bertz CT molecular complexity index is 517. The number of halogens is 2. The average Bonchev–Trinajstić information content (AvgIpc) is 2.39. The van der Waals surface area contributed by atoms with Gasteiger partial charge < -0.3 is 5.32 Å². The second kappa shape index (κ2) is 5.79. The highest BCUT2D eigenvalue weighted by Crippen LogP contribution is 2.23. The van der Waals surface area contributed by atoms with Crippen molar-refractivity contribution in [2.24, 2.45) is 5.92 Å². The molecular weight excluding hydrogens is 250 g/mol. The summed E-state index contributed by atoms with van der Waals surface area (Å²) < 4.78 is 26.2. The van der Waals surface area contributed by atoms with Crippen LogP contribution in [0.25, 0.3) is 0 Å². The molecule has 0 unspecified atom stereocenters. The summed E-state index contributed by atoms with van der Waals surface area (Å²) in [6.07, 6.45) is 2.92. The van der Waals surface area contributed by atoms with Gasteiger partial charge in [-0.1, -0.05) is 0 Å². The number of nitrogens with one attached hydrogen (secondary N) is 1. The molecule has 1 amide bonds. The molecule has 5 heteroatoms. The molecule has 1 fully saturated rings. The lowest BCUT2D eigenvalue weighted by atomic mass is 9.87. The third kappa shape index (κ3) is 3.28. The van der Waals surface area contributed by atoms with E-state index in [0.717, 1.165) is 25.0 Å². The molecule has 2 rings (SSSR count). The number of rotatable bonds is 2. The van der Waals surface area contributed by atoms with Gasteiger partial charge in [0.05, 0.1) is 11.6 Å². The lowest BCUT2D eigenvalue weighted by Crippen LogP contribution is -2.37. The molecule has 0 spiro atoms. The third-order valence-corrected chi connectivity index (χ3v) is 3.42. The number of hydrogen-bond acceptors (Lipinski definition) is 2. The molecule has 0 saturated heterocycles. The first-order chi connectivity index (χ1) is 9.10. The van der Waals surface area contributed by atoms with Crippen molar-refractivity contribution >= 4 is 5.91 Å².